The fourth-order valence-electron chi connectivity index (χ4n) is 2.66. The Morgan fingerprint density at radius 2 is 1.07 bits per heavy atom. The maximum Gasteiger partial charge on any atom is 0.336 e. The van der Waals surface area contributed by atoms with Crippen LogP contribution in [0.2, 0.25) is 0 Å². The summed E-state index contributed by atoms with van der Waals surface area (Å²) in [5.41, 5.74) is 0.287. The number of carboxylic acid groups (broad SMARTS) is 2. The number of rotatable bonds is 18. The molecular weight excluding hydrogens is 400 g/mol. The molecule has 0 heterocycles. The summed E-state index contributed by atoms with van der Waals surface area (Å²) < 4.78 is 20.5. The number of aliphatic hydroxyl groups excluding tert-OH is 2. The van der Waals surface area contributed by atoms with E-state index in [0.29, 0.717) is 57.7 Å². The van der Waals surface area contributed by atoms with Gasteiger partial charge < -0.3 is 39.4 Å². The standard InChI is InChI=1S/C20H30O10/c21-13-29-7-3-1-5-27-11-15-9-16(19(23)24)18(17(10-15)20(25)26)12-28-6-2-4-8-30-14-22/h9-10,21-22H,1-8,11-14H2,(H,23,24)(H,25,26). The summed E-state index contributed by atoms with van der Waals surface area (Å²) in [7, 11) is 0. The minimum Gasteiger partial charge on any atom is -0.478 e. The summed E-state index contributed by atoms with van der Waals surface area (Å²) in [5.74, 6) is -2.48. The van der Waals surface area contributed by atoms with E-state index >= 15 is 0 Å². The van der Waals surface area contributed by atoms with Crippen LogP contribution in [-0.2, 0) is 32.2 Å². The molecule has 0 aliphatic heterocycles. The van der Waals surface area contributed by atoms with E-state index in [4.69, 9.17) is 29.2 Å². The summed E-state index contributed by atoms with van der Waals surface area (Å²) in [6.07, 6.45) is 2.66. The molecule has 10 nitrogen and oxygen atoms in total. The lowest BCUT2D eigenvalue weighted by atomic mass is 9.98. The highest BCUT2D eigenvalue weighted by molar-refractivity contribution is 5.97. The smallest absolute Gasteiger partial charge is 0.336 e. The van der Waals surface area contributed by atoms with Crippen molar-refractivity contribution in [3.63, 3.8) is 0 Å². The number of aliphatic hydroxyl groups is 2. The lowest BCUT2D eigenvalue weighted by Gasteiger charge is -2.14. The second-order valence-electron chi connectivity index (χ2n) is 6.37. The van der Waals surface area contributed by atoms with Crippen LogP contribution in [0.4, 0.5) is 0 Å². The molecule has 0 atom stereocenters. The predicted octanol–water partition coefficient (Wildman–Crippen LogP) is 1.61. The SMILES string of the molecule is O=C(O)c1cc(COCCCCOCO)cc(C(=O)O)c1COCCCCOCO. The van der Waals surface area contributed by atoms with Crippen LogP contribution < -0.4 is 0 Å². The van der Waals surface area contributed by atoms with Crippen molar-refractivity contribution in [1.29, 1.82) is 0 Å². The third-order valence-corrected chi connectivity index (χ3v) is 4.12. The lowest BCUT2D eigenvalue weighted by molar-refractivity contribution is -0.00560. The van der Waals surface area contributed by atoms with Gasteiger partial charge in [0.15, 0.2) is 0 Å². The van der Waals surface area contributed by atoms with Crippen LogP contribution in [0.5, 0.6) is 0 Å². The van der Waals surface area contributed by atoms with Crippen LogP contribution in [0.25, 0.3) is 0 Å². The van der Waals surface area contributed by atoms with Crippen molar-refractivity contribution in [2.45, 2.75) is 38.9 Å². The van der Waals surface area contributed by atoms with E-state index in [9.17, 15) is 19.8 Å². The quantitative estimate of drug-likeness (QED) is 0.200. The number of hydrogen-bond donors (Lipinski definition) is 4. The molecule has 1 aromatic rings. The largest absolute Gasteiger partial charge is 0.478 e. The first-order valence-corrected chi connectivity index (χ1v) is 9.66. The lowest BCUT2D eigenvalue weighted by Crippen LogP contribution is -2.13. The normalized spacial score (nSPS) is 11.0. The van der Waals surface area contributed by atoms with E-state index < -0.39 is 11.9 Å². The monoisotopic (exact) mass is 430 g/mol. The molecule has 0 unspecified atom stereocenters. The number of carbonyl (C=O) groups is 2. The van der Waals surface area contributed by atoms with E-state index in [1.165, 1.54) is 12.1 Å². The first-order valence-electron chi connectivity index (χ1n) is 9.66. The van der Waals surface area contributed by atoms with Crippen molar-refractivity contribution in [3.8, 4) is 0 Å². The molecule has 0 aliphatic carbocycles. The molecule has 30 heavy (non-hydrogen) atoms. The Hall–Kier alpha value is -2.08. The minimum absolute atomic E-state index is 0.0768. The Bertz CT molecular complexity index is 611. The van der Waals surface area contributed by atoms with Crippen molar-refractivity contribution in [1.82, 2.24) is 0 Å². The van der Waals surface area contributed by atoms with Crippen LogP contribution in [0.1, 0.15) is 57.5 Å². The maximum absolute atomic E-state index is 11.7. The number of hydrogen-bond acceptors (Lipinski definition) is 8. The van der Waals surface area contributed by atoms with Crippen molar-refractivity contribution >= 4 is 11.9 Å². The average molecular weight is 430 g/mol. The van der Waals surface area contributed by atoms with Crippen LogP contribution in [-0.4, -0.2) is 72.4 Å². The van der Waals surface area contributed by atoms with Gasteiger partial charge >= 0.3 is 11.9 Å². The minimum atomic E-state index is -1.24. The maximum atomic E-state index is 11.7. The second-order valence-corrected chi connectivity index (χ2v) is 6.37. The number of carboxylic acids is 2. The number of benzene rings is 1. The van der Waals surface area contributed by atoms with Crippen LogP contribution >= 0.6 is 0 Å². The molecule has 1 aromatic carbocycles. The molecule has 0 bridgehead atoms. The Morgan fingerprint density at radius 3 is 1.47 bits per heavy atom. The van der Waals surface area contributed by atoms with Gasteiger partial charge in [0, 0.05) is 32.0 Å². The summed E-state index contributed by atoms with van der Waals surface area (Å²) >= 11 is 0. The van der Waals surface area contributed by atoms with E-state index in [1.807, 2.05) is 0 Å². The zero-order valence-corrected chi connectivity index (χ0v) is 16.9. The molecule has 0 saturated heterocycles. The van der Waals surface area contributed by atoms with Crippen molar-refractivity contribution in [2.75, 3.05) is 40.0 Å². The van der Waals surface area contributed by atoms with Crippen LogP contribution in [0, 0.1) is 0 Å². The number of unbranched alkanes of at least 4 members (excludes halogenated alkanes) is 2. The molecular formula is C20H30O10. The summed E-state index contributed by atoms with van der Waals surface area (Å²) in [6.45, 7) is 0.745. The van der Waals surface area contributed by atoms with Crippen LogP contribution in [0.15, 0.2) is 12.1 Å². The molecule has 0 saturated carbocycles. The van der Waals surface area contributed by atoms with Gasteiger partial charge in [-0.25, -0.2) is 9.59 Å². The van der Waals surface area contributed by atoms with Crippen LogP contribution in [0.3, 0.4) is 0 Å². The van der Waals surface area contributed by atoms with Gasteiger partial charge in [0.1, 0.15) is 13.6 Å². The predicted molar refractivity (Wildman–Crippen MR) is 104 cm³/mol. The van der Waals surface area contributed by atoms with Crippen molar-refractivity contribution < 1.29 is 49.0 Å². The highest BCUT2D eigenvalue weighted by Crippen LogP contribution is 2.21. The Labute approximate surface area is 174 Å². The van der Waals surface area contributed by atoms with Gasteiger partial charge in [0.2, 0.25) is 0 Å². The summed E-state index contributed by atoms with van der Waals surface area (Å²) in [6, 6.07) is 2.80. The van der Waals surface area contributed by atoms with Crippen molar-refractivity contribution in [3.05, 3.63) is 34.4 Å². The van der Waals surface area contributed by atoms with Gasteiger partial charge in [0.05, 0.1) is 24.3 Å². The topological polar surface area (TPSA) is 152 Å². The third kappa shape index (κ3) is 10.1. The van der Waals surface area contributed by atoms with E-state index in [2.05, 4.69) is 0 Å². The molecule has 4 N–H and O–H groups in total. The highest BCUT2D eigenvalue weighted by Gasteiger charge is 2.20. The Balaban J connectivity index is 2.69. The van der Waals surface area contributed by atoms with Gasteiger partial charge in [-0.15, -0.1) is 0 Å². The first-order chi connectivity index (χ1) is 14.5. The molecule has 0 spiro atoms. The molecule has 170 valence electrons. The molecule has 0 radical (unpaired) electrons. The van der Waals surface area contributed by atoms with E-state index in [-0.39, 0.29) is 43.5 Å². The van der Waals surface area contributed by atoms with Gasteiger partial charge in [-0.05, 0) is 43.4 Å². The molecule has 0 fully saturated rings. The average Bonchev–Trinajstić information content (AvgIpc) is 2.72. The fraction of sp³-hybridized carbons (Fsp3) is 0.600. The molecule has 0 amide bonds. The van der Waals surface area contributed by atoms with Gasteiger partial charge in [-0.3, -0.25) is 0 Å². The zero-order chi connectivity index (χ0) is 22.2. The zero-order valence-electron chi connectivity index (χ0n) is 16.9. The van der Waals surface area contributed by atoms with E-state index in [0.717, 1.165) is 0 Å². The summed E-state index contributed by atoms with van der Waals surface area (Å²) in [4.78, 5) is 23.3. The van der Waals surface area contributed by atoms with Gasteiger partial charge in [-0.1, -0.05) is 0 Å². The molecule has 0 aromatic heterocycles. The van der Waals surface area contributed by atoms with Gasteiger partial charge in [-0.2, -0.15) is 0 Å². The molecule has 10 heteroatoms. The first kappa shape index (κ1) is 26.0. The van der Waals surface area contributed by atoms with E-state index in [1.54, 1.807) is 0 Å². The number of ether oxygens (including phenoxy) is 4. The Kier molecular flexibility index (Phi) is 13.6. The van der Waals surface area contributed by atoms with Gasteiger partial charge in [0.25, 0.3) is 0 Å². The second kappa shape index (κ2) is 15.7. The molecule has 0 aliphatic rings. The Morgan fingerprint density at radius 1 is 0.667 bits per heavy atom. The fourth-order valence-corrected chi connectivity index (χ4v) is 2.66. The third-order valence-electron chi connectivity index (χ3n) is 4.12. The van der Waals surface area contributed by atoms with Crippen molar-refractivity contribution in [2.24, 2.45) is 0 Å². The summed E-state index contributed by atoms with van der Waals surface area (Å²) in [5, 5.41) is 36.1. The number of aromatic carboxylic acids is 2. The highest BCUT2D eigenvalue weighted by atomic mass is 16.6. The molecule has 1 rings (SSSR count).